The van der Waals surface area contributed by atoms with Crippen LogP contribution in [0.1, 0.15) is 5.56 Å². The van der Waals surface area contributed by atoms with Gasteiger partial charge in [-0.25, -0.2) is 0 Å². The number of H-pyrrole nitrogens is 1. The van der Waals surface area contributed by atoms with Gasteiger partial charge in [0, 0.05) is 17.3 Å². The van der Waals surface area contributed by atoms with Crippen LogP contribution in [0.4, 0.5) is 11.5 Å². The minimum Gasteiger partial charge on any atom is -0.464 e. The van der Waals surface area contributed by atoms with Crippen molar-refractivity contribution < 1.29 is 4.42 Å². The van der Waals surface area contributed by atoms with Crippen LogP contribution in [-0.2, 0) is 0 Å². The predicted octanol–water partition coefficient (Wildman–Crippen LogP) is 3.72. The zero-order valence-electron chi connectivity index (χ0n) is 9.97. The van der Waals surface area contributed by atoms with Crippen LogP contribution in [-0.4, -0.2) is 10.2 Å². The van der Waals surface area contributed by atoms with Gasteiger partial charge < -0.3 is 9.73 Å². The van der Waals surface area contributed by atoms with Gasteiger partial charge in [0.25, 0.3) is 0 Å². The molecule has 1 aromatic carbocycles. The van der Waals surface area contributed by atoms with E-state index in [4.69, 9.17) is 4.42 Å². The molecule has 0 radical (unpaired) electrons. The van der Waals surface area contributed by atoms with Gasteiger partial charge in [0.1, 0.15) is 11.6 Å². The second-order valence-electron chi connectivity index (χ2n) is 4.10. The monoisotopic (exact) mass is 239 g/mol. The third kappa shape index (κ3) is 2.00. The molecule has 0 aliphatic rings. The highest BCUT2D eigenvalue weighted by atomic mass is 16.3. The second kappa shape index (κ2) is 4.41. The normalized spacial score (nSPS) is 10.5. The molecule has 4 nitrogen and oxygen atoms in total. The fourth-order valence-corrected chi connectivity index (χ4v) is 1.82. The molecule has 0 unspecified atom stereocenters. The summed E-state index contributed by atoms with van der Waals surface area (Å²) in [5.41, 5.74) is 3.25. The van der Waals surface area contributed by atoms with Crippen LogP contribution < -0.4 is 5.32 Å². The maximum atomic E-state index is 5.40. The van der Waals surface area contributed by atoms with E-state index in [1.807, 2.05) is 24.3 Å². The Bertz CT molecular complexity index is 627. The van der Waals surface area contributed by atoms with Crippen LogP contribution in [0.25, 0.3) is 11.3 Å². The fraction of sp³-hybridized carbons (Fsp3) is 0.0714. The summed E-state index contributed by atoms with van der Waals surface area (Å²) in [5.74, 6) is 1.73. The number of hydrogen-bond acceptors (Lipinski definition) is 3. The number of rotatable bonds is 3. The van der Waals surface area contributed by atoms with E-state index >= 15 is 0 Å². The Balaban J connectivity index is 1.96. The summed E-state index contributed by atoms with van der Waals surface area (Å²) >= 11 is 0. The standard InChI is InChI=1S/C14H13N3O/c1-10-4-5-11(13-3-2-8-18-13)9-12(10)16-14-6-7-15-17-14/h2-9H,1H3,(H2,15,16,17). The average molecular weight is 239 g/mol. The first-order valence-corrected chi connectivity index (χ1v) is 5.74. The Morgan fingerprint density at radius 1 is 1.22 bits per heavy atom. The summed E-state index contributed by atoms with van der Waals surface area (Å²) in [7, 11) is 0. The minimum atomic E-state index is 0.864. The molecule has 90 valence electrons. The van der Waals surface area contributed by atoms with Crippen molar-refractivity contribution in [1.29, 1.82) is 0 Å². The molecule has 0 saturated heterocycles. The highest BCUT2D eigenvalue weighted by molar-refractivity contribution is 5.69. The Morgan fingerprint density at radius 3 is 2.89 bits per heavy atom. The molecule has 18 heavy (non-hydrogen) atoms. The van der Waals surface area contributed by atoms with Gasteiger partial charge in [-0.1, -0.05) is 12.1 Å². The third-order valence-electron chi connectivity index (χ3n) is 2.81. The van der Waals surface area contributed by atoms with Crippen molar-refractivity contribution in [2.24, 2.45) is 0 Å². The molecule has 2 N–H and O–H groups in total. The number of aromatic amines is 1. The van der Waals surface area contributed by atoms with Crippen molar-refractivity contribution in [2.45, 2.75) is 6.92 Å². The summed E-state index contributed by atoms with van der Waals surface area (Å²) in [6, 6.07) is 11.9. The SMILES string of the molecule is Cc1ccc(-c2ccco2)cc1Nc1ccn[nH]1. The maximum absolute atomic E-state index is 5.40. The Hall–Kier alpha value is -2.49. The number of anilines is 2. The van der Waals surface area contributed by atoms with E-state index in [1.54, 1.807) is 12.5 Å². The lowest BCUT2D eigenvalue weighted by atomic mass is 10.1. The summed E-state index contributed by atoms with van der Waals surface area (Å²) in [6.45, 7) is 2.06. The van der Waals surface area contributed by atoms with E-state index in [0.29, 0.717) is 0 Å². The first kappa shape index (κ1) is 10.7. The number of nitrogens with zero attached hydrogens (tertiary/aromatic N) is 1. The number of hydrogen-bond donors (Lipinski definition) is 2. The average Bonchev–Trinajstić information content (AvgIpc) is 3.04. The Kier molecular flexibility index (Phi) is 2.61. The number of nitrogens with one attached hydrogen (secondary N) is 2. The lowest BCUT2D eigenvalue weighted by molar-refractivity contribution is 0.582. The maximum Gasteiger partial charge on any atom is 0.133 e. The molecule has 0 saturated carbocycles. The van der Waals surface area contributed by atoms with E-state index in [9.17, 15) is 0 Å². The van der Waals surface area contributed by atoms with Crippen molar-refractivity contribution >= 4 is 11.5 Å². The van der Waals surface area contributed by atoms with Gasteiger partial charge in [-0.3, -0.25) is 5.10 Å². The molecule has 4 heteroatoms. The number of benzene rings is 1. The summed E-state index contributed by atoms with van der Waals surface area (Å²) in [6.07, 6.45) is 3.39. The van der Waals surface area contributed by atoms with E-state index in [-0.39, 0.29) is 0 Å². The smallest absolute Gasteiger partial charge is 0.133 e. The third-order valence-corrected chi connectivity index (χ3v) is 2.81. The molecule has 0 aliphatic heterocycles. The van der Waals surface area contributed by atoms with Gasteiger partial charge in [0.2, 0.25) is 0 Å². The largest absolute Gasteiger partial charge is 0.464 e. The van der Waals surface area contributed by atoms with Gasteiger partial charge in [0.15, 0.2) is 0 Å². The van der Waals surface area contributed by atoms with Crippen LogP contribution in [0, 0.1) is 6.92 Å². The fourth-order valence-electron chi connectivity index (χ4n) is 1.82. The molecule has 0 atom stereocenters. The van der Waals surface area contributed by atoms with Crippen molar-refractivity contribution in [3.8, 4) is 11.3 Å². The van der Waals surface area contributed by atoms with Crippen LogP contribution in [0.3, 0.4) is 0 Å². The first-order valence-electron chi connectivity index (χ1n) is 5.74. The van der Waals surface area contributed by atoms with Crippen LogP contribution in [0.5, 0.6) is 0 Å². The topological polar surface area (TPSA) is 53.9 Å². The second-order valence-corrected chi connectivity index (χ2v) is 4.10. The molecule has 0 amide bonds. The highest BCUT2D eigenvalue weighted by Crippen LogP contribution is 2.27. The van der Waals surface area contributed by atoms with Crippen LogP contribution >= 0.6 is 0 Å². The summed E-state index contributed by atoms with van der Waals surface area (Å²) in [5, 5.41) is 10.1. The van der Waals surface area contributed by atoms with Crippen LogP contribution in [0.2, 0.25) is 0 Å². The number of aryl methyl sites for hydroxylation is 1. The summed E-state index contributed by atoms with van der Waals surface area (Å²) < 4.78 is 5.40. The molecule has 2 aromatic heterocycles. The quantitative estimate of drug-likeness (QED) is 0.732. The molecule has 0 bridgehead atoms. The van der Waals surface area contributed by atoms with Gasteiger partial charge in [-0.15, -0.1) is 0 Å². The highest BCUT2D eigenvalue weighted by Gasteiger charge is 2.05. The number of aromatic nitrogens is 2. The van der Waals surface area contributed by atoms with E-state index in [2.05, 4.69) is 34.6 Å². The molecule has 3 aromatic rings. The summed E-state index contributed by atoms with van der Waals surface area (Å²) in [4.78, 5) is 0. The lowest BCUT2D eigenvalue weighted by Crippen LogP contribution is -1.94. The zero-order chi connectivity index (χ0) is 12.4. The van der Waals surface area contributed by atoms with Gasteiger partial charge in [-0.2, -0.15) is 5.10 Å². The zero-order valence-corrected chi connectivity index (χ0v) is 9.97. The molecule has 0 fully saturated rings. The Labute approximate surface area is 105 Å². The molecule has 0 spiro atoms. The van der Waals surface area contributed by atoms with Crippen molar-refractivity contribution in [3.05, 3.63) is 54.4 Å². The van der Waals surface area contributed by atoms with Crippen LogP contribution in [0.15, 0.2) is 53.3 Å². The molecule has 2 heterocycles. The molecule has 0 aliphatic carbocycles. The minimum absolute atomic E-state index is 0.864. The van der Waals surface area contributed by atoms with E-state index < -0.39 is 0 Å². The Morgan fingerprint density at radius 2 is 2.17 bits per heavy atom. The first-order chi connectivity index (χ1) is 8.83. The van der Waals surface area contributed by atoms with Gasteiger partial charge in [-0.05, 0) is 30.7 Å². The van der Waals surface area contributed by atoms with E-state index in [1.165, 1.54) is 5.56 Å². The predicted molar refractivity (Wildman–Crippen MR) is 70.8 cm³/mol. The van der Waals surface area contributed by atoms with Gasteiger partial charge >= 0.3 is 0 Å². The lowest BCUT2D eigenvalue weighted by Gasteiger charge is -2.09. The number of furan rings is 1. The molecular weight excluding hydrogens is 226 g/mol. The van der Waals surface area contributed by atoms with Crippen molar-refractivity contribution in [3.63, 3.8) is 0 Å². The molecular formula is C14H13N3O. The van der Waals surface area contributed by atoms with Gasteiger partial charge in [0.05, 0.1) is 12.5 Å². The van der Waals surface area contributed by atoms with E-state index in [0.717, 1.165) is 22.8 Å². The molecule has 3 rings (SSSR count). The van der Waals surface area contributed by atoms with Crippen molar-refractivity contribution in [2.75, 3.05) is 5.32 Å². The van der Waals surface area contributed by atoms with Crippen molar-refractivity contribution in [1.82, 2.24) is 10.2 Å².